The van der Waals surface area contributed by atoms with Crippen LogP contribution in [0.25, 0.3) is 6.08 Å². The van der Waals surface area contributed by atoms with Crippen molar-refractivity contribution in [1.29, 1.82) is 0 Å². The van der Waals surface area contributed by atoms with Crippen molar-refractivity contribution in [2.24, 2.45) is 5.92 Å². The smallest absolute Gasteiger partial charge is 0.246 e. The van der Waals surface area contributed by atoms with Gasteiger partial charge in [0.1, 0.15) is 0 Å². The predicted octanol–water partition coefficient (Wildman–Crippen LogP) is 2.48. The summed E-state index contributed by atoms with van der Waals surface area (Å²) in [6.07, 6.45) is 4.35. The number of carbonyl (C=O) groups excluding carboxylic acids is 1. The number of hydrogen-bond acceptors (Lipinski definition) is 4. The maximum atomic E-state index is 11.9. The average molecular weight is 327 g/mol. The second-order valence-corrected chi connectivity index (χ2v) is 8.72. The fourth-order valence-corrected chi connectivity index (χ4v) is 5.11. The largest absolute Gasteiger partial charge is 0.352 e. The molecule has 1 atom stereocenters. The Bertz CT molecular complexity index is 603. The Labute approximate surface area is 130 Å². The molecule has 2 rings (SSSR count). The zero-order valence-corrected chi connectivity index (χ0v) is 13.8. The Balaban J connectivity index is 1.68. The summed E-state index contributed by atoms with van der Waals surface area (Å²) in [4.78, 5) is 13.0. The van der Waals surface area contributed by atoms with Gasteiger partial charge in [0, 0.05) is 17.0 Å². The first-order chi connectivity index (χ1) is 9.96. The van der Waals surface area contributed by atoms with E-state index in [-0.39, 0.29) is 11.8 Å². The minimum absolute atomic E-state index is 0.0533. The summed E-state index contributed by atoms with van der Waals surface area (Å²) in [6.45, 7) is 2.41. The Morgan fingerprint density at radius 2 is 2.33 bits per heavy atom. The topological polar surface area (TPSA) is 63.2 Å². The highest BCUT2D eigenvalue weighted by atomic mass is 32.2. The molecule has 0 spiro atoms. The van der Waals surface area contributed by atoms with Crippen LogP contribution in [-0.2, 0) is 14.6 Å². The third-order valence-corrected chi connectivity index (χ3v) is 6.32. The van der Waals surface area contributed by atoms with Crippen LogP contribution in [0.3, 0.4) is 0 Å². The number of hydrogen-bond donors (Lipinski definition) is 1. The minimum atomic E-state index is -2.79. The Hall–Kier alpha value is -1.14. The Morgan fingerprint density at radius 3 is 2.95 bits per heavy atom. The lowest BCUT2D eigenvalue weighted by Crippen LogP contribution is -2.25. The quantitative estimate of drug-likeness (QED) is 0.645. The number of sulfone groups is 1. The molecule has 0 saturated carbocycles. The van der Waals surface area contributed by atoms with E-state index in [2.05, 4.69) is 5.32 Å². The zero-order chi connectivity index (χ0) is 15.3. The maximum Gasteiger partial charge on any atom is 0.246 e. The summed E-state index contributed by atoms with van der Waals surface area (Å²) in [5.41, 5.74) is 0.695. The van der Waals surface area contributed by atoms with Gasteiger partial charge in [-0.1, -0.05) is 6.07 Å². The summed E-state index contributed by atoms with van der Waals surface area (Å²) in [5.74, 6) is 0.863. The molecule has 1 aromatic heterocycles. The molecule has 2 heterocycles. The molecule has 1 unspecified atom stereocenters. The van der Waals surface area contributed by atoms with Crippen LogP contribution in [0, 0.1) is 5.92 Å². The lowest BCUT2D eigenvalue weighted by atomic mass is 10.0. The first-order valence-corrected chi connectivity index (χ1v) is 9.87. The summed E-state index contributed by atoms with van der Waals surface area (Å²) in [5, 5.41) is 4.87. The minimum Gasteiger partial charge on any atom is -0.352 e. The van der Waals surface area contributed by atoms with Gasteiger partial charge in [0.25, 0.3) is 0 Å². The number of thiophene rings is 1. The van der Waals surface area contributed by atoms with Crippen molar-refractivity contribution in [2.75, 3.05) is 18.1 Å². The highest BCUT2D eigenvalue weighted by molar-refractivity contribution is 7.91. The van der Waals surface area contributed by atoms with Gasteiger partial charge in [-0.05, 0) is 49.6 Å². The van der Waals surface area contributed by atoms with Crippen molar-refractivity contribution < 1.29 is 13.2 Å². The molecule has 1 aliphatic heterocycles. The van der Waals surface area contributed by atoms with Crippen molar-refractivity contribution in [1.82, 2.24) is 5.32 Å². The molecule has 0 bridgehead atoms. The molecule has 1 fully saturated rings. The summed E-state index contributed by atoms with van der Waals surface area (Å²) >= 11 is 1.60. The zero-order valence-electron chi connectivity index (χ0n) is 12.2. The highest BCUT2D eigenvalue weighted by Gasteiger charge is 2.27. The van der Waals surface area contributed by atoms with E-state index in [4.69, 9.17) is 0 Å². The first kappa shape index (κ1) is 16.2. The molecule has 1 N–H and O–H groups in total. The van der Waals surface area contributed by atoms with E-state index in [0.29, 0.717) is 23.6 Å². The van der Waals surface area contributed by atoms with E-state index in [1.54, 1.807) is 18.3 Å². The van der Waals surface area contributed by atoms with Crippen LogP contribution in [-0.4, -0.2) is 32.4 Å². The lowest BCUT2D eigenvalue weighted by molar-refractivity contribution is -0.117. The molecule has 1 amide bonds. The van der Waals surface area contributed by atoms with Gasteiger partial charge in [-0.3, -0.25) is 4.79 Å². The van der Waals surface area contributed by atoms with E-state index in [1.807, 2.05) is 23.6 Å². The van der Waals surface area contributed by atoms with Gasteiger partial charge >= 0.3 is 0 Å². The van der Waals surface area contributed by atoms with Gasteiger partial charge in [0.15, 0.2) is 9.84 Å². The van der Waals surface area contributed by atoms with Gasteiger partial charge in [-0.15, -0.1) is 11.3 Å². The molecular weight excluding hydrogens is 306 g/mol. The lowest BCUT2D eigenvalue weighted by Gasteiger charge is -2.08. The van der Waals surface area contributed by atoms with E-state index < -0.39 is 9.84 Å². The fraction of sp³-hybridized carbons (Fsp3) is 0.533. The van der Waals surface area contributed by atoms with Gasteiger partial charge in [0.2, 0.25) is 5.91 Å². The van der Waals surface area contributed by atoms with Crippen LogP contribution >= 0.6 is 11.3 Å². The summed E-state index contributed by atoms with van der Waals surface area (Å²) in [6, 6.07) is 3.93. The van der Waals surface area contributed by atoms with Gasteiger partial charge < -0.3 is 5.32 Å². The van der Waals surface area contributed by atoms with Crippen LogP contribution in [0.1, 0.15) is 31.1 Å². The second-order valence-electron chi connectivity index (χ2n) is 5.51. The van der Waals surface area contributed by atoms with Crippen molar-refractivity contribution in [2.45, 2.75) is 26.2 Å². The molecule has 1 aromatic rings. The van der Waals surface area contributed by atoms with Crippen LogP contribution in [0.15, 0.2) is 23.1 Å². The molecule has 6 heteroatoms. The molecule has 0 radical (unpaired) electrons. The third kappa shape index (κ3) is 5.28. The second kappa shape index (κ2) is 7.22. The number of carbonyl (C=O) groups is 1. The molecular formula is C15H21NO3S2. The van der Waals surface area contributed by atoms with E-state index in [0.717, 1.165) is 24.1 Å². The first-order valence-electron chi connectivity index (χ1n) is 7.17. The monoisotopic (exact) mass is 327 g/mol. The van der Waals surface area contributed by atoms with E-state index in [1.165, 1.54) is 0 Å². The normalized spacial score (nSPS) is 21.4. The van der Waals surface area contributed by atoms with Gasteiger partial charge in [0.05, 0.1) is 11.5 Å². The van der Waals surface area contributed by atoms with Crippen molar-refractivity contribution in [3.63, 3.8) is 0 Å². The Kier molecular flexibility index (Phi) is 5.58. The van der Waals surface area contributed by atoms with Crippen molar-refractivity contribution in [3.05, 3.63) is 28.0 Å². The van der Waals surface area contributed by atoms with E-state index >= 15 is 0 Å². The molecule has 116 valence electrons. The number of nitrogens with one attached hydrogen (secondary N) is 1. The standard InChI is InChI=1S/C15H21NO3S2/c1-12(10-14-5-3-8-20-14)15(17)16-7-2-4-13-6-9-21(18,19)11-13/h3,5,8,10,13H,2,4,6-7,9,11H2,1H3,(H,16,17)/b12-10+. The predicted molar refractivity (Wildman–Crippen MR) is 87.0 cm³/mol. The van der Waals surface area contributed by atoms with Crippen LogP contribution in [0.4, 0.5) is 0 Å². The van der Waals surface area contributed by atoms with Crippen LogP contribution in [0.2, 0.25) is 0 Å². The number of rotatable bonds is 6. The van der Waals surface area contributed by atoms with Crippen LogP contribution in [0.5, 0.6) is 0 Å². The molecule has 1 aliphatic rings. The van der Waals surface area contributed by atoms with Crippen molar-refractivity contribution in [3.8, 4) is 0 Å². The van der Waals surface area contributed by atoms with Gasteiger partial charge in [-0.2, -0.15) is 0 Å². The molecule has 0 aliphatic carbocycles. The molecule has 21 heavy (non-hydrogen) atoms. The molecule has 0 aromatic carbocycles. The van der Waals surface area contributed by atoms with Crippen molar-refractivity contribution >= 4 is 33.2 Å². The highest BCUT2D eigenvalue weighted by Crippen LogP contribution is 2.22. The van der Waals surface area contributed by atoms with E-state index in [9.17, 15) is 13.2 Å². The maximum absolute atomic E-state index is 11.9. The fourth-order valence-electron chi connectivity index (χ4n) is 2.48. The number of amides is 1. The SMILES string of the molecule is C/C(=C\c1cccs1)C(=O)NCCCC1CCS(=O)(=O)C1. The summed E-state index contributed by atoms with van der Waals surface area (Å²) < 4.78 is 22.7. The Morgan fingerprint density at radius 1 is 1.52 bits per heavy atom. The third-order valence-electron chi connectivity index (χ3n) is 3.66. The molecule has 4 nitrogen and oxygen atoms in total. The molecule has 1 saturated heterocycles. The van der Waals surface area contributed by atoms with Gasteiger partial charge in [-0.25, -0.2) is 8.42 Å². The average Bonchev–Trinajstić information content (AvgIpc) is 3.04. The summed E-state index contributed by atoms with van der Waals surface area (Å²) in [7, 11) is -2.79. The van der Waals surface area contributed by atoms with Crippen LogP contribution < -0.4 is 5.32 Å².